The monoisotopic (exact) mass is 310 g/mol. The lowest BCUT2D eigenvalue weighted by atomic mass is 10.2. The molecule has 1 heterocycles. The molecular weight excluding hydrogens is 292 g/mol. The van der Waals surface area contributed by atoms with Crippen LogP contribution in [-0.4, -0.2) is 26.0 Å². The second-order valence-corrected chi connectivity index (χ2v) is 6.32. The fourth-order valence-corrected chi connectivity index (χ4v) is 3.03. The molecule has 21 heavy (non-hydrogen) atoms. The number of rotatable bonds is 5. The number of hydrogen-bond acceptors (Lipinski definition) is 4. The number of fused-ring (bicyclic) bond motifs is 1. The fourth-order valence-electron chi connectivity index (χ4n) is 1.93. The molecule has 1 aromatic carbocycles. The third kappa shape index (κ3) is 3.46. The molecule has 2 rings (SSSR count). The molecule has 8 heteroatoms. The number of urea groups is 1. The van der Waals surface area contributed by atoms with E-state index in [-0.39, 0.29) is 4.90 Å². The van der Waals surface area contributed by atoms with Gasteiger partial charge in [0, 0.05) is 29.3 Å². The van der Waals surface area contributed by atoms with Crippen LogP contribution in [0, 0.1) is 0 Å². The number of sulfonamides is 1. The number of aromatic amines is 1. The van der Waals surface area contributed by atoms with Crippen molar-refractivity contribution in [3.63, 3.8) is 0 Å². The van der Waals surface area contributed by atoms with E-state index in [2.05, 4.69) is 10.3 Å². The van der Waals surface area contributed by atoms with Crippen LogP contribution >= 0.6 is 0 Å². The van der Waals surface area contributed by atoms with E-state index in [0.29, 0.717) is 23.1 Å². The number of anilines is 1. The summed E-state index contributed by atoms with van der Waals surface area (Å²) in [7, 11) is -3.95. The minimum atomic E-state index is -3.95. The van der Waals surface area contributed by atoms with Crippen molar-refractivity contribution < 1.29 is 13.2 Å². The van der Waals surface area contributed by atoms with Gasteiger partial charge in [0.15, 0.2) is 0 Å². The summed E-state index contributed by atoms with van der Waals surface area (Å²) in [5.74, 6) is 0. The Hall–Kier alpha value is -2.22. The van der Waals surface area contributed by atoms with Crippen LogP contribution < -0.4 is 15.8 Å². The molecule has 0 aliphatic heterocycles. The second-order valence-electron chi connectivity index (χ2n) is 4.67. The van der Waals surface area contributed by atoms with Crippen molar-refractivity contribution in [1.29, 1.82) is 0 Å². The van der Waals surface area contributed by atoms with Crippen molar-refractivity contribution in [2.24, 2.45) is 0 Å². The van der Waals surface area contributed by atoms with Gasteiger partial charge < -0.3 is 16.0 Å². The van der Waals surface area contributed by atoms with Gasteiger partial charge in [0.25, 0.3) is 10.0 Å². The van der Waals surface area contributed by atoms with E-state index in [0.717, 1.165) is 12.8 Å². The van der Waals surface area contributed by atoms with Crippen molar-refractivity contribution in [2.75, 3.05) is 12.3 Å². The van der Waals surface area contributed by atoms with E-state index in [9.17, 15) is 13.2 Å². The van der Waals surface area contributed by atoms with E-state index in [1.165, 1.54) is 6.20 Å². The lowest BCUT2D eigenvalue weighted by Crippen LogP contribution is -2.39. The first-order chi connectivity index (χ1) is 9.94. The molecule has 114 valence electrons. The first-order valence-corrected chi connectivity index (χ1v) is 8.09. The van der Waals surface area contributed by atoms with Gasteiger partial charge in [-0.3, -0.25) is 0 Å². The maximum atomic E-state index is 12.2. The molecule has 0 radical (unpaired) electrons. The van der Waals surface area contributed by atoms with Gasteiger partial charge in [-0.2, -0.15) is 0 Å². The zero-order chi connectivity index (χ0) is 15.5. The number of benzene rings is 1. The van der Waals surface area contributed by atoms with Crippen LogP contribution in [0.2, 0.25) is 0 Å². The molecular formula is C13H18N4O3S. The third-order valence-corrected chi connectivity index (χ3v) is 4.37. The van der Waals surface area contributed by atoms with Crippen molar-refractivity contribution in [1.82, 2.24) is 15.0 Å². The number of unbranched alkanes of at least 4 members (excludes halogenated alkanes) is 1. The van der Waals surface area contributed by atoms with Gasteiger partial charge in [0.1, 0.15) is 4.90 Å². The van der Waals surface area contributed by atoms with Gasteiger partial charge in [-0.05, 0) is 24.6 Å². The summed E-state index contributed by atoms with van der Waals surface area (Å²) in [5.41, 5.74) is 6.75. The quantitative estimate of drug-likeness (QED) is 0.495. The number of nitrogen functional groups attached to an aromatic ring is 1. The summed E-state index contributed by atoms with van der Waals surface area (Å²) in [6.45, 7) is 2.41. The number of nitrogens with two attached hydrogens (primary N) is 1. The molecule has 0 aliphatic rings. The van der Waals surface area contributed by atoms with Crippen LogP contribution in [0.15, 0.2) is 29.3 Å². The Morgan fingerprint density at radius 2 is 2.14 bits per heavy atom. The standard InChI is InChI=1S/C13H18N4O3S/c1-2-3-6-15-13(18)17-21(19,20)12-8-16-11-5-4-9(14)7-10(11)12/h4-5,7-8,16H,2-3,6,14H2,1H3,(H2,15,17,18). The molecule has 5 N–H and O–H groups in total. The fraction of sp³-hybridized carbons (Fsp3) is 0.308. The molecule has 0 saturated carbocycles. The number of nitrogens with one attached hydrogen (secondary N) is 3. The van der Waals surface area contributed by atoms with Crippen LogP contribution in [0.3, 0.4) is 0 Å². The smallest absolute Gasteiger partial charge is 0.328 e. The van der Waals surface area contributed by atoms with Gasteiger partial charge in [-0.1, -0.05) is 13.3 Å². The number of hydrogen-bond donors (Lipinski definition) is 4. The summed E-state index contributed by atoms with van der Waals surface area (Å²) < 4.78 is 26.4. The minimum absolute atomic E-state index is 0.00422. The van der Waals surface area contributed by atoms with E-state index in [1.807, 2.05) is 11.6 Å². The highest BCUT2D eigenvalue weighted by Gasteiger charge is 2.21. The number of amides is 2. The maximum absolute atomic E-state index is 12.2. The summed E-state index contributed by atoms with van der Waals surface area (Å²) in [6.07, 6.45) is 3.04. The summed E-state index contributed by atoms with van der Waals surface area (Å²) >= 11 is 0. The Bertz CT molecular complexity index is 752. The molecule has 0 unspecified atom stereocenters. The first-order valence-electron chi connectivity index (χ1n) is 6.61. The summed E-state index contributed by atoms with van der Waals surface area (Å²) in [4.78, 5) is 14.4. The molecule has 2 aromatic rings. The molecule has 1 aromatic heterocycles. The van der Waals surface area contributed by atoms with Gasteiger partial charge in [-0.15, -0.1) is 0 Å². The maximum Gasteiger partial charge on any atom is 0.328 e. The topological polar surface area (TPSA) is 117 Å². The van der Waals surface area contributed by atoms with Gasteiger partial charge in [-0.25, -0.2) is 17.9 Å². The number of H-pyrrole nitrogens is 1. The van der Waals surface area contributed by atoms with Gasteiger partial charge >= 0.3 is 6.03 Å². The lowest BCUT2D eigenvalue weighted by Gasteiger charge is -2.07. The van der Waals surface area contributed by atoms with E-state index in [4.69, 9.17) is 5.73 Å². The van der Waals surface area contributed by atoms with Gasteiger partial charge in [0.2, 0.25) is 0 Å². The zero-order valence-corrected chi connectivity index (χ0v) is 12.5. The van der Waals surface area contributed by atoms with E-state index < -0.39 is 16.1 Å². The highest BCUT2D eigenvalue weighted by Crippen LogP contribution is 2.24. The third-order valence-electron chi connectivity index (χ3n) is 3.00. The van der Waals surface area contributed by atoms with E-state index >= 15 is 0 Å². The second kappa shape index (κ2) is 6.04. The van der Waals surface area contributed by atoms with Gasteiger partial charge in [0.05, 0.1) is 0 Å². The minimum Gasteiger partial charge on any atom is -0.399 e. The van der Waals surface area contributed by atoms with Crippen LogP contribution in [-0.2, 0) is 10.0 Å². The Balaban J connectivity index is 2.22. The highest BCUT2D eigenvalue weighted by atomic mass is 32.2. The Labute approximate surface area is 123 Å². The molecule has 0 bridgehead atoms. The first kappa shape index (κ1) is 15.2. The van der Waals surface area contributed by atoms with Crippen molar-refractivity contribution in [3.05, 3.63) is 24.4 Å². The highest BCUT2D eigenvalue weighted by molar-refractivity contribution is 7.90. The number of carbonyl (C=O) groups is 1. The predicted molar refractivity (Wildman–Crippen MR) is 81.3 cm³/mol. The normalized spacial score (nSPS) is 11.5. The molecule has 0 spiro atoms. The van der Waals surface area contributed by atoms with Crippen LogP contribution in [0.5, 0.6) is 0 Å². The van der Waals surface area contributed by atoms with Crippen molar-refractivity contribution in [3.8, 4) is 0 Å². The Morgan fingerprint density at radius 1 is 1.38 bits per heavy atom. The largest absolute Gasteiger partial charge is 0.399 e. The summed E-state index contributed by atoms with van der Waals surface area (Å²) in [6, 6.07) is 4.17. The molecule has 0 aliphatic carbocycles. The Kier molecular flexibility index (Phi) is 4.37. The molecule has 0 saturated heterocycles. The van der Waals surface area contributed by atoms with Crippen molar-refractivity contribution >= 4 is 32.6 Å². The van der Waals surface area contributed by atoms with Crippen LogP contribution in [0.4, 0.5) is 10.5 Å². The zero-order valence-electron chi connectivity index (χ0n) is 11.6. The summed E-state index contributed by atoms with van der Waals surface area (Å²) in [5, 5.41) is 2.94. The van der Waals surface area contributed by atoms with Crippen LogP contribution in [0.1, 0.15) is 19.8 Å². The number of aromatic nitrogens is 1. The molecule has 7 nitrogen and oxygen atoms in total. The SMILES string of the molecule is CCCCNC(=O)NS(=O)(=O)c1c[nH]c2ccc(N)cc12. The van der Waals surface area contributed by atoms with E-state index in [1.54, 1.807) is 18.2 Å². The van der Waals surface area contributed by atoms with Crippen LogP contribution in [0.25, 0.3) is 10.9 Å². The lowest BCUT2D eigenvalue weighted by molar-refractivity contribution is 0.245. The number of carbonyl (C=O) groups excluding carboxylic acids is 1. The molecule has 2 amide bonds. The molecule has 0 atom stereocenters. The predicted octanol–water partition coefficient (Wildman–Crippen LogP) is 1.54. The molecule has 0 fully saturated rings. The van der Waals surface area contributed by atoms with Crippen molar-refractivity contribution in [2.45, 2.75) is 24.7 Å². The average Bonchev–Trinajstić information content (AvgIpc) is 2.82. The average molecular weight is 310 g/mol. The Morgan fingerprint density at radius 3 is 2.86 bits per heavy atom.